The quantitative estimate of drug-likeness (QED) is 0.790. The second kappa shape index (κ2) is 7.55. The molecule has 6 heteroatoms. The van der Waals surface area contributed by atoms with Gasteiger partial charge in [-0.3, -0.25) is 9.59 Å². The van der Waals surface area contributed by atoms with E-state index in [4.69, 9.17) is 4.74 Å². The van der Waals surface area contributed by atoms with Gasteiger partial charge >= 0.3 is 5.97 Å². The summed E-state index contributed by atoms with van der Waals surface area (Å²) in [6, 6.07) is 7.87. The third-order valence-electron chi connectivity index (χ3n) is 3.61. The number of nitrogens with one attached hydrogen (secondary N) is 1. The molecule has 5 nitrogen and oxygen atoms in total. The van der Waals surface area contributed by atoms with E-state index in [0.29, 0.717) is 6.42 Å². The number of fused-ring (bicyclic) bond motifs is 1. The lowest BCUT2D eigenvalue weighted by atomic mass is 10.0. The Morgan fingerprint density at radius 2 is 2.04 bits per heavy atom. The molecular weight excluding hydrogens is 312 g/mol. The number of ether oxygens (including phenoxy) is 1. The van der Waals surface area contributed by atoms with E-state index in [2.05, 4.69) is 10.3 Å². The number of hydrogen-bond acceptors (Lipinski definition) is 5. The van der Waals surface area contributed by atoms with Gasteiger partial charge in [0, 0.05) is 12.0 Å². The fraction of sp³-hybridized carbons (Fsp3) is 0.471. The first kappa shape index (κ1) is 17.4. The van der Waals surface area contributed by atoms with Crippen molar-refractivity contribution in [2.45, 2.75) is 45.6 Å². The summed E-state index contributed by atoms with van der Waals surface area (Å²) in [5.41, 5.74) is 0.659. The molecule has 0 unspecified atom stereocenters. The number of carbonyl (C=O) groups excluding carboxylic acids is 2. The largest absolute Gasteiger partial charge is 0.456 e. The van der Waals surface area contributed by atoms with Gasteiger partial charge in [0.1, 0.15) is 0 Å². The van der Waals surface area contributed by atoms with E-state index in [1.54, 1.807) is 11.3 Å². The van der Waals surface area contributed by atoms with E-state index in [9.17, 15) is 9.59 Å². The Labute approximate surface area is 140 Å². The molecule has 0 spiro atoms. The number of benzene rings is 1. The second-order valence-corrected chi connectivity index (χ2v) is 7.14. The zero-order valence-corrected chi connectivity index (χ0v) is 14.5. The van der Waals surface area contributed by atoms with Crippen LogP contribution in [0.4, 0.5) is 0 Å². The molecule has 0 aliphatic rings. The van der Waals surface area contributed by atoms with Gasteiger partial charge in [0.05, 0.1) is 21.6 Å². The van der Waals surface area contributed by atoms with Crippen LogP contribution in [0.3, 0.4) is 0 Å². The van der Waals surface area contributed by atoms with E-state index in [0.717, 1.165) is 21.6 Å². The average Bonchev–Trinajstić information content (AvgIpc) is 2.93. The molecule has 0 fully saturated rings. The molecule has 2 aromatic rings. The van der Waals surface area contributed by atoms with Crippen molar-refractivity contribution in [3.8, 4) is 0 Å². The highest BCUT2D eigenvalue weighted by Gasteiger charge is 2.18. The summed E-state index contributed by atoms with van der Waals surface area (Å²) in [5.74, 6) is -0.654. The summed E-state index contributed by atoms with van der Waals surface area (Å²) >= 11 is 1.58. The molecule has 1 aromatic carbocycles. The molecule has 1 N–H and O–H groups in total. The van der Waals surface area contributed by atoms with Crippen molar-refractivity contribution in [3.63, 3.8) is 0 Å². The molecule has 0 saturated heterocycles. The number of amides is 1. The Kier molecular flexibility index (Phi) is 5.71. The van der Waals surface area contributed by atoms with Crippen molar-refractivity contribution >= 4 is 33.4 Å². The van der Waals surface area contributed by atoms with Crippen LogP contribution in [0.25, 0.3) is 10.2 Å². The van der Waals surface area contributed by atoms with E-state index in [-0.39, 0.29) is 30.4 Å². The van der Waals surface area contributed by atoms with Crippen molar-refractivity contribution in [1.29, 1.82) is 0 Å². The van der Waals surface area contributed by atoms with Gasteiger partial charge in [0.15, 0.2) is 6.61 Å². The van der Waals surface area contributed by atoms with Crippen molar-refractivity contribution in [1.82, 2.24) is 10.3 Å². The van der Waals surface area contributed by atoms with Crippen LogP contribution in [-0.2, 0) is 20.7 Å². The number of thiazole rings is 1. The molecule has 1 heterocycles. The third-order valence-corrected chi connectivity index (χ3v) is 4.70. The predicted octanol–water partition coefficient (Wildman–Crippen LogP) is 3.08. The molecule has 0 aliphatic heterocycles. The van der Waals surface area contributed by atoms with E-state index < -0.39 is 0 Å². The maximum Gasteiger partial charge on any atom is 0.306 e. The van der Waals surface area contributed by atoms with Crippen LogP contribution in [0.2, 0.25) is 0 Å². The zero-order chi connectivity index (χ0) is 16.9. The average molecular weight is 334 g/mol. The molecule has 124 valence electrons. The Morgan fingerprint density at radius 1 is 1.30 bits per heavy atom. The number of nitrogens with zero attached hydrogens (tertiary/aromatic N) is 1. The van der Waals surface area contributed by atoms with Gasteiger partial charge in [-0.1, -0.05) is 19.1 Å². The number of esters is 1. The highest BCUT2D eigenvalue weighted by atomic mass is 32.1. The number of para-hydroxylation sites is 1. The summed E-state index contributed by atoms with van der Waals surface area (Å²) in [4.78, 5) is 27.9. The van der Waals surface area contributed by atoms with Gasteiger partial charge in [-0.15, -0.1) is 11.3 Å². The molecule has 23 heavy (non-hydrogen) atoms. The Bertz CT molecular complexity index is 661. The molecule has 0 saturated carbocycles. The molecule has 0 radical (unpaired) electrons. The van der Waals surface area contributed by atoms with Gasteiger partial charge < -0.3 is 10.1 Å². The van der Waals surface area contributed by atoms with Gasteiger partial charge in [0.25, 0.3) is 5.91 Å². The number of rotatable bonds is 7. The maximum atomic E-state index is 11.7. The SMILES string of the molecule is CCC(C)(C)NC(=O)COC(=O)CCc1nc2ccccc2s1. The molecular formula is C17H22N2O3S. The van der Waals surface area contributed by atoms with Crippen molar-refractivity contribution in [3.05, 3.63) is 29.3 Å². The van der Waals surface area contributed by atoms with Crippen LogP contribution in [0.5, 0.6) is 0 Å². The van der Waals surface area contributed by atoms with E-state index in [1.807, 2.05) is 45.0 Å². The van der Waals surface area contributed by atoms with Crippen LogP contribution in [0, 0.1) is 0 Å². The first-order chi connectivity index (χ1) is 10.9. The van der Waals surface area contributed by atoms with Crippen molar-refractivity contribution in [2.75, 3.05) is 6.61 Å². The van der Waals surface area contributed by atoms with Gasteiger partial charge in [-0.25, -0.2) is 4.98 Å². The molecule has 0 atom stereocenters. The number of aryl methyl sites for hydroxylation is 1. The first-order valence-electron chi connectivity index (χ1n) is 7.71. The molecule has 2 rings (SSSR count). The first-order valence-corrected chi connectivity index (χ1v) is 8.52. The van der Waals surface area contributed by atoms with Crippen LogP contribution in [-0.4, -0.2) is 29.0 Å². The van der Waals surface area contributed by atoms with E-state index in [1.165, 1.54) is 0 Å². The Hall–Kier alpha value is -1.95. The van der Waals surface area contributed by atoms with Crippen LogP contribution < -0.4 is 5.32 Å². The fourth-order valence-electron chi connectivity index (χ4n) is 1.96. The van der Waals surface area contributed by atoms with Crippen molar-refractivity contribution in [2.24, 2.45) is 0 Å². The van der Waals surface area contributed by atoms with E-state index >= 15 is 0 Å². The minimum absolute atomic E-state index is 0.226. The van der Waals surface area contributed by atoms with Gasteiger partial charge in [-0.2, -0.15) is 0 Å². The summed E-state index contributed by atoms with van der Waals surface area (Å²) < 4.78 is 6.12. The third kappa shape index (κ3) is 5.32. The molecule has 1 aromatic heterocycles. The lowest BCUT2D eigenvalue weighted by Crippen LogP contribution is -2.44. The minimum atomic E-state index is -0.381. The Balaban J connectivity index is 1.76. The molecule has 0 aliphatic carbocycles. The highest BCUT2D eigenvalue weighted by molar-refractivity contribution is 7.18. The smallest absolute Gasteiger partial charge is 0.306 e. The zero-order valence-electron chi connectivity index (χ0n) is 13.7. The van der Waals surface area contributed by atoms with Crippen LogP contribution >= 0.6 is 11.3 Å². The van der Waals surface area contributed by atoms with Gasteiger partial charge in [-0.05, 0) is 32.4 Å². The van der Waals surface area contributed by atoms with Crippen molar-refractivity contribution < 1.29 is 14.3 Å². The maximum absolute atomic E-state index is 11.7. The normalized spacial score (nSPS) is 11.4. The summed E-state index contributed by atoms with van der Waals surface area (Å²) in [7, 11) is 0. The lowest BCUT2D eigenvalue weighted by Gasteiger charge is -2.24. The topological polar surface area (TPSA) is 68.3 Å². The highest BCUT2D eigenvalue weighted by Crippen LogP contribution is 2.22. The second-order valence-electron chi connectivity index (χ2n) is 6.02. The summed E-state index contributed by atoms with van der Waals surface area (Å²) in [6.07, 6.45) is 1.56. The summed E-state index contributed by atoms with van der Waals surface area (Å²) in [6.45, 7) is 5.62. The molecule has 0 bridgehead atoms. The monoisotopic (exact) mass is 334 g/mol. The standard InChI is InChI=1S/C17H22N2O3S/c1-4-17(2,3)19-14(20)11-22-16(21)10-9-15-18-12-7-5-6-8-13(12)23-15/h5-8H,4,9-11H2,1-3H3,(H,19,20). The Morgan fingerprint density at radius 3 is 2.74 bits per heavy atom. The minimum Gasteiger partial charge on any atom is -0.456 e. The van der Waals surface area contributed by atoms with Gasteiger partial charge in [0.2, 0.25) is 0 Å². The molecule has 1 amide bonds. The lowest BCUT2D eigenvalue weighted by molar-refractivity contribution is -0.149. The predicted molar refractivity (Wildman–Crippen MR) is 91.4 cm³/mol. The fourth-order valence-corrected chi connectivity index (χ4v) is 2.92. The number of aromatic nitrogens is 1. The van der Waals surface area contributed by atoms with Crippen LogP contribution in [0.15, 0.2) is 24.3 Å². The summed E-state index contributed by atoms with van der Waals surface area (Å²) in [5, 5.41) is 3.73. The van der Waals surface area contributed by atoms with Crippen LogP contribution in [0.1, 0.15) is 38.6 Å². The number of hydrogen-bond donors (Lipinski definition) is 1. The number of carbonyl (C=O) groups is 2.